The van der Waals surface area contributed by atoms with E-state index in [1.807, 2.05) is 0 Å². The van der Waals surface area contributed by atoms with Gasteiger partial charge in [0, 0.05) is 58.8 Å². The molecule has 0 aromatic heterocycles. The number of aliphatic imine (C=N–C) groups is 1. The van der Waals surface area contributed by atoms with E-state index in [1.165, 1.54) is 6.42 Å². The van der Waals surface area contributed by atoms with Crippen LogP contribution in [0.1, 0.15) is 32.6 Å². The average molecular weight is 309 g/mol. The summed E-state index contributed by atoms with van der Waals surface area (Å²) in [4.78, 5) is 20.9. The summed E-state index contributed by atoms with van der Waals surface area (Å²) < 4.78 is 0. The molecule has 1 saturated heterocycles. The molecule has 1 amide bonds. The van der Waals surface area contributed by atoms with Gasteiger partial charge in [0.15, 0.2) is 5.96 Å². The van der Waals surface area contributed by atoms with Crippen LogP contribution in [0.25, 0.3) is 0 Å². The van der Waals surface area contributed by atoms with Gasteiger partial charge in [-0.05, 0) is 19.3 Å². The molecule has 0 radical (unpaired) electrons. The van der Waals surface area contributed by atoms with Gasteiger partial charge in [0.05, 0.1) is 0 Å². The van der Waals surface area contributed by atoms with Crippen LogP contribution in [0.5, 0.6) is 0 Å². The summed E-state index contributed by atoms with van der Waals surface area (Å²) >= 11 is 0. The van der Waals surface area contributed by atoms with Crippen molar-refractivity contribution in [1.29, 1.82) is 0 Å². The Bertz CT molecular complexity index is 373. The van der Waals surface area contributed by atoms with Crippen LogP contribution in [0.2, 0.25) is 0 Å². The highest BCUT2D eigenvalue weighted by molar-refractivity contribution is 5.80. The molecule has 2 aliphatic rings. The molecule has 1 aliphatic carbocycles. The fourth-order valence-electron chi connectivity index (χ4n) is 2.90. The van der Waals surface area contributed by atoms with Gasteiger partial charge in [-0.3, -0.25) is 14.7 Å². The van der Waals surface area contributed by atoms with Crippen LogP contribution in [0.15, 0.2) is 4.99 Å². The van der Waals surface area contributed by atoms with Crippen molar-refractivity contribution in [3.05, 3.63) is 0 Å². The van der Waals surface area contributed by atoms with Crippen molar-refractivity contribution in [2.24, 2.45) is 10.9 Å². The third kappa shape index (κ3) is 4.87. The lowest BCUT2D eigenvalue weighted by Crippen LogP contribution is -2.52. The van der Waals surface area contributed by atoms with E-state index < -0.39 is 0 Å². The molecular weight excluding hydrogens is 278 g/mol. The van der Waals surface area contributed by atoms with Crippen LogP contribution in [0.4, 0.5) is 0 Å². The van der Waals surface area contributed by atoms with Gasteiger partial charge in [0.25, 0.3) is 0 Å². The van der Waals surface area contributed by atoms with Crippen LogP contribution in [0, 0.1) is 5.92 Å². The molecule has 6 heteroatoms. The number of piperazine rings is 1. The summed E-state index contributed by atoms with van der Waals surface area (Å²) in [6.45, 7) is 8.73. The van der Waals surface area contributed by atoms with E-state index in [0.29, 0.717) is 11.8 Å². The third-order valence-corrected chi connectivity index (χ3v) is 4.62. The monoisotopic (exact) mass is 309 g/mol. The largest absolute Gasteiger partial charge is 0.356 e. The van der Waals surface area contributed by atoms with Gasteiger partial charge >= 0.3 is 0 Å². The van der Waals surface area contributed by atoms with Crippen molar-refractivity contribution in [2.75, 3.05) is 52.9 Å². The molecule has 0 aromatic rings. The number of rotatable bonds is 6. The highest BCUT2D eigenvalue weighted by atomic mass is 16.2. The number of nitrogens with zero attached hydrogens (tertiary/aromatic N) is 3. The molecule has 0 aromatic carbocycles. The third-order valence-electron chi connectivity index (χ3n) is 4.62. The first-order valence-corrected chi connectivity index (χ1v) is 8.70. The molecule has 126 valence electrons. The van der Waals surface area contributed by atoms with Crippen LogP contribution in [0.3, 0.4) is 0 Å². The van der Waals surface area contributed by atoms with Gasteiger partial charge in [-0.25, -0.2) is 0 Å². The van der Waals surface area contributed by atoms with E-state index in [0.717, 1.165) is 71.0 Å². The number of nitrogens with one attached hydrogen (secondary N) is 2. The number of amides is 1. The van der Waals surface area contributed by atoms with Crippen molar-refractivity contribution >= 4 is 11.9 Å². The van der Waals surface area contributed by atoms with E-state index in [4.69, 9.17) is 0 Å². The lowest BCUT2D eigenvalue weighted by Gasteiger charge is -2.38. The molecule has 0 atom stereocenters. The van der Waals surface area contributed by atoms with Gasteiger partial charge < -0.3 is 15.5 Å². The maximum Gasteiger partial charge on any atom is 0.225 e. The molecule has 1 heterocycles. The van der Waals surface area contributed by atoms with Crippen LogP contribution in [-0.2, 0) is 4.79 Å². The van der Waals surface area contributed by atoms with Crippen molar-refractivity contribution in [2.45, 2.75) is 32.6 Å². The molecule has 1 saturated carbocycles. The van der Waals surface area contributed by atoms with E-state index >= 15 is 0 Å². The zero-order valence-electron chi connectivity index (χ0n) is 14.1. The molecule has 22 heavy (non-hydrogen) atoms. The first kappa shape index (κ1) is 17.1. The fourth-order valence-corrected chi connectivity index (χ4v) is 2.90. The number of hydrogen-bond acceptors (Lipinski definition) is 3. The minimum absolute atomic E-state index is 0.334. The predicted molar refractivity (Wildman–Crippen MR) is 90.0 cm³/mol. The molecule has 2 rings (SSSR count). The Morgan fingerprint density at radius 1 is 1.14 bits per heavy atom. The zero-order valence-corrected chi connectivity index (χ0v) is 14.1. The van der Waals surface area contributed by atoms with Crippen LogP contribution < -0.4 is 10.6 Å². The zero-order chi connectivity index (χ0) is 15.8. The van der Waals surface area contributed by atoms with Crippen LogP contribution >= 0.6 is 0 Å². The Kier molecular flexibility index (Phi) is 6.96. The Balaban J connectivity index is 1.60. The number of carbonyl (C=O) groups excluding carboxylic acids is 1. The SMILES string of the molecule is CCCNC(=NC)NCCN1CCN(C(=O)C2CCC2)CC1. The average Bonchev–Trinajstić information content (AvgIpc) is 2.49. The summed E-state index contributed by atoms with van der Waals surface area (Å²) in [5, 5.41) is 6.61. The normalized spacial score (nSPS) is 20.6. The molecule has 6 nitrogen and oxygen atoms in total. The second kappa shape index (κ2) is 8.98. The molecule has 1 aliphatic heterocycles. The summed E-state index contributed by atoms with van der Waals surface area (Å²) in [6.07, 6.45) is 4.53. The minimum Gasteiger partial charge on any atom is -0.356 e. The molecule has 0 unspecified atom stereocenters. The molecular formula is C16H31N5O. The standard InChI is InChI=1S/C16H31N5O/c1-3-7-18-16(17-2)19-8-9-20-10-12-21(13-11-20)15(22)14-5-4-6-14/h14H,3-13H2,1-2H3,(H2,17,18,19). The summed E-state index contributed by atoms with van der Waals surface area (Å²) in [6, 6.07) is 0. The van der Waals surface area contributed by atoms with Gasteiger partial charge in [0.2, 0.25) is 5.91 Å². The maximum absolute atomic E-state index is 12.2. The minimum atomic E-state index is 0.334. The van der Waals surface area contributed by atoms with E-state index in [1.54, 1.807) is 7.05 Å². The van der Waals surface area contributed by atoms with Gasteiger partial charge in [0.1, 0.15) is 0 Å². The molecule has 2 fully saturated rings. The first-order chi connectivity index (χ1) is 10.7. The first-order valence-electron chi connectivity index (χ1n) is 8.70. The van der Waals surface area contributed by atoms with Gasteiger partial charge in [-0.1, -0.05) is 13.3 Å². The summed E-state index contributed by atoms with van der Waals surface area (Å²) in [5.41, 5.74) is 0. The molecule has 0 bridgehead atoms. The second-order valence-corrected chi connectivity index (χ2v) is 6.22. The lowest BCUT2D eigenvalue weighted by atomic mass is 9.84. The smallest absolute Gasteiger partial charge is 0.225 e. The maximum atomic E-state index is 12.2. The van der Waals surface area contributed by atoms with Crippen molar-refractivity contribution in [3.63, 3.8) is 0 Å². The Morgan fingerprint density at radius 2 is 1.82 bits per heavy atom. The summed E-state index contributed by atoms with van der Waals surface area (Å²) in [5.74, 6) is 1.61. The van der Waals surface area contributed by atoms with E-state index in [-0.39, 0.29) is 0 Å². The molecule has 2 N–H and O–H groups in total. The topological polar surface area (TPSA) is 60.0 Å². The van der Waals surface area contributed by atoms with Crippen molar-refractivity contribution in [3.8, 4) is 0 Å². The second-order valence-electron chi connectivity index (χ2n) is 6.22. The lowest BCUT2D eigenvalue weighted by molar-refractivity contribution is -0.139. The van der Waals surface area contributed by atoms with E-state index in [2.05, 4.69) is 32.3 Å². The predicted octanol–water partition coefficient (Wildman–Crippen LogP) is 0.506. The molecule has 0 spiro atoms. The quantitative estimate of drug-likeness (QED) is 0.554. The Hall–Kier alpha value is -1.30. The van der Waals surface area contributed by atoms with Gasteiger partial charge in [-0.15, -0.1) is 0 Å². The van der Waals surface area contributed by atoms with Crippen molar-refractivity contribution < 1.29 is 4.79 Å². The Morgan fingerprint density at radius 3 is 2.36 bits per heavy atom. The summed E-state index contributed by atoms with van der Waals surface area (Å²) in [7, 11) is 1.80. The van der Waals surface area contributed by atoms with Crippen LogP contribution in [-0.4, -0.2) is 74.5 Å². The number of hydrogen-bond donors (Lipinski definition) is 2. The Labute approximate surface area is 134 Å². The van der Waals surface area contributed by atoms with Crippen molar-refractivity contribution in [1.82, 2.24) is 20.4 Å². The number of guanidine groups is 1. The number of carbonyl (C=O) groups is 1. The fraction of sp³-hybridized carbons (Fsp3) is 0.875. The highest BCUT2D eigenvalue weighted by Crippen LogP contribution is 2.28. The highest BCUT2D eigenvalue weighted by Gasteiger charge is 2.30. The van der Waals surface area contributed by atoms with Gasteiger partial charge in [-0.2, -0.15) is 0 Å². The van der Waals surface area contributed by atoms with E-state index in [9.17, 15) is 4.79 Å².